The predicted molar refractivity (Wildman–Crippen MR) is 115 cm³/mol. The van der Waals surface area contributed by atoms with Crippen LogP contribution in [0, 0.1) is 5.92 Å². The van der Waals surface area contributed by atoms with Gasteiger partial charge in [-0.05, 0) is 29.8 Å². The van der Waals surface area contributed by atoms with Gasteiger partial charge in [-0.15, -0.1) is 11.8 Å². The van der Waals surface area contributed by atoms with Gasteiger partial charge in [-0.3, -0.25) is 9.59 Å². The summed E-state index contributed by atoms with van der Waals surface area (Å²) in [6, 6.07) is 11.8. The fourth-order valence-corrected chi connectivity index (χ4v) is 5.61. The van der Waals surface area contributed by atoms with Crippen LogP contribution in [-0.4, -0.2) is 31.7 Å². The van der Waals surface area contributed by atoms with Crippen molar-refractivity contribution in [2.24, 2.45) is 5.92 Å². The second kappa shape index (κ2) is 9.19. The molecule has 0 fully saturated rings. The molecule has 0 aliphatic carbocycles. The highest BCUT2D eigenvalue weighted by molar-refractivity contribution is 7.99. The van der Waals surface area contributed by atoms with Crippen molar-refractivity contribution in [3.63, 3.8) is 0 Å². The van der Waals surface area contributed by atoms with Crippen LogP contribution in [0.1, 0.15) is 18.9 Å². The average molecular weight is 453 g/mol. The number of rotatable bonds is 6. The number of thioether (sulfide) groups is 1. The average Bonchev–Trinajstić information content (AvgIpc) is 2.86. The normalized spacial score (nSPS) is 15.0. The van der Waals surface area contributed by atoms with Crippen molar-refractivity contribution in [3.8, 4) is 0 Å². The molecule has 0 saturated carbocycles. The van der Waals surface area contributed by atoms with Crippen molar-refractivity contribution >= 4 is 50.7 Å². The molecule has 29 heavy (non-hydrogen) atoms. The van der Waals surface area contributed by atoms with E-state index in [4.69, 9.17) is 11.6 Å². The number of amides is 2. The first-order chi connectivity index (χ1) is 13.8. The molecule has 1 atom stereocenters. The van der Waals surface area contributed by atoms with Crippen molar-refractivity contribution in [2.75, 3.05) is 16.8 Å². The minimum absolute atomic E-state index is 0.0878. The fraction of sp³-hybridized carbons (Fsp3) is 0.300. The summed E-state index contributed by atoms with van der Waals surface area (Å²) >= 11 is 7.58. The van der Waals surface area contributed by atoms with Crippen LogP contribution in [-0.2, 0) is 26.0 Å². The Kier molecular flexibility index (Phi) is 6.87. The van der Waals surface area contributed by atoms with Gasteiger partial charge in [0.2, 0.25) is 11.8 Å². The zero-order valence-electron chi connectivity index (χ0n) is 15.8. The first-order valence-electron chi connectivity index (χ1n) is 9.07. The third-order valence-electron chi connectivity index (χ3n) is 4.50. The Morgan fingerprint density at radius 3 is 2.79 bits per heavy atom. The van der Waals surface area contributed by atoms with Crippen molar-refractivity contribution in [1.82, 2.24) is 5.32 Å². The summed E-state index contributed by atoms with van der Waals surface area (Å²) < 4.78 is 25.6. The molecule has 2 aromatic carbocycles. The zero-order valence-corrected chi connectivity index (χ0v) is 18.2. The molecule has 0 aromatic heterocycles. The van der Waals surface area contributed by atoms with E-state index in [-0.39, 0.29) is 29.0 Å². The first kappa shape index (κ1) is 21.7. The van der Waals surface area contributed by atoms with E-state index in [2.05, 4.69) is 10.6 Å². The summed E-state index contributed by atoms with van der Waals surface area (Å²) in [4.78, 5) is 25.1. The number of nitrogens with one attached hydrogen (secondary N) is 2. The number of carbonyl (C=O) groups is 2. The van der Waals surface area contributed by atoms with Gasteiger partial charge in [0.05, 0.1) is 16.3 Å². The van der Waals surface area contributed by atoms with Crippen LogP contribution < -0.4 is 10.6 Å². The molecule has 1 aliphatic rings. The maximum atomic E-state index is 12.8. The fourth-order valence-electron chi connectivity index (χ4n) is 2.89. The highest BCUT2D eigenvalue weighted by atomic mass is 35.5. The summed E-state index contributed by atoms with van der Waals surface area (Å²) in [5.74, 6) is -0.940. The first-order valence-corrected chi connectivity index (χ1v) is 12.1. The number of anilines is 1. The van der Waals surface area contributed by atoms with Gasteiger partial charge >= 0.3 is 0 Å². The van der Waals surface area contributed by atoms with Crippen molar-refractivity contribution in [3.05, 3.63) is 53.1 Å². The highest BCUT2D eigenvalue weighted by Crippen LogP contribution is 2.33. The number of fused-ring (bicyclic) bond motifs is 1. The number of halogens is 1. The van der Waals surface area contributed by atoms with Crippen LogP contribution in [0.15, 0.2) is 52.3 Å². The lowest BCUT2D eigenvalue weighted by Crippen LogP contribution is -2.32. The topological polar surface area (TPSA) is 92.3 Å². The number of hydrogen-bond acceptors (Lipinski definition) is 5. The summed E-state index contributed by atoms with van der Waals surface area (Å²) in [6.07, 6.45) is 0.379. The van der Waals surface area contributed by atoms with E-state index in [0.717, 1.165) is 10.5 Å². The zero-order chi connectivity index (χ0) is 21.0. The number of hydrogen-bond donors (Lipinski definition) is 2. The van der Waals surface area contributed by atoms with Crippen LogP contribution in [0.5, 0.6) is 0 Å². The lowest BCUT2D eigenvalue weighted by molar-refractivity contribution is -0.124. The van der Waals surface area contributed by atoms with Crippen molar-refractivity contribution in [1.29, 1.82) is 0 Å². The van der Waals surface area contributed by atoms with E-state index in [9.17, 15) is 18.0 Å². The van der Waals surface area contributed by atoms with Crippen LogP contribution in [0.4, 0.5) is 5.69 Å². The smallest absolute Gasteiger partial charge is 0.225 e. The molecule has 1 heterocycles. The van der Waals surface area contributed by atoms with E-state index < -0.39 is 15.8 Å². The molecule has 3 rings (SSSR count). The molecule has 0 radical (unpaired) electrons. The van der Waals surface area contributed by atoms with Crippen LogP contribution in [0.2, 0.25) is 5.02 Å². The Hall–Kier alpha value is -2.03. The summed E-state index contributed by atoms with van der Waals surface area (Å²) in [5, 5.41) is 6.01. The van der Waals surface area contributed by atoms with Gasteiger partial charge in [0.25, 0.3) is 0 Å². The van der Waals surface area contributed by atoms with Crippen LogP contribution in [0.25, 0.3) is 0 Å². The SMILES string of the molecule is C[C@H](CS(=O)(=O)c1ccc2c(c1)NC(=O)CCS2)C(=O)NCc1ccccc1Cl. The largest absolute Gasteiger partial charge is 0.352 e. The summed E-state index contributed by atoms with van der Waals surface area (Å²) in [5.41, 5.74) is 1.26. The molecule has 1 aliphatic heterocycles. The second-order valence-electron chi connectivity index (χ2n) is 6.80. The molecular formula is C20H21ClN2O4S2. The van der Waals surface area contributed by atoms with Gasteiger partial charge in [0.1, 0.15) is 0 Å². The lowest BCUT2D eigenvalue weighted by atomic mass is 10.2. The Morgan fingerprint density at radius 2 is 2.03 bits per heavy atom. The van der Waals surface area contributed by atoms with Crippen LogP contribution in [0.3, 0.4) is 0 Å². The third-order valence-corrected chi connectivity index (χ3v) is 7.85. The second-order valence-corrected chi connectivity index (χ2v) is 10.4. The quantitative estimate of drug-likeness (QED) is 0.699. The monoisotopic (exact) mass is 452 g/mol. The predicted octanol–water partition coefficient (Wildman–Crippen LogP) is 3.50. The van der Waals surface area contributed by atoms with Crippen LogP contribution >= 0.6 is 23.4 Å². The minimum Gasteiger partial charge on any atom is -0.352 e. The molecule has 6 nitrogen and oxygen atoms in total. The third kappa shape index (κ3) is 5.52. The van der Waals surface area contributed by atoms with E-state index in [1.807, 2.05) is 6.07 Å². The molecule has 0 saturated heterocycles. The molecule has 9 heteroatoms. The Bertz CT molecular complexity index is 1040. The molecule has 2 N–H and O–H groups in total. The van der Waals surface area contributed by atoms with E-state index >= 15 is 0 Å². The van der Waals surface area contributed by atoms with Gasteiger partial charge in [0, 0.05) is 34.6 Å². The maximum absolute atomic E-state index is 12.8. The Balaban J connectivity index is 1.67. The van der Waals surface area contributed by atoms with Gasteiger partial charge in [-0.2, -0.15) is 0 Å². The Morgan fingerprint density at radius 1 is 1.28 bits per heavy atom. The number of carbonyl (C=O) groups excluding carboxylic acids is 2. The van der Waals surface area contributed by atoms with Crippen molar-refractivity contribution < 1.29 is 18.0 Å². The Labute approximate surface area is 179 Å². The molecule has 2 amide bonds. The highest BCUT2D eigenvalue weighted by Gasteiger charge is 2.25. The molecule has 0 spiro atoms. The van der Waals surface area contributed by atoms with Crippen molar-refractivity contribution in [2.45, 2.75) is 29.7 Å². The van der Waals surface area contributed by atoms with E-state index in [1.54, 1.807) is 31.2 Å². The molecular weight excluding hydrogens is 432 g/mol. The van der Waals surface area contributed by atoms with E-state index in [0.29, 0.717) is 22.9 Å². The standard InChI is InChI=1S/C20H21ClN2O4S2/c1-13(20(25)22-11-14-4-2-3-5-16(14)21)12-29(26,27)15-6-7-18-17(10-15)23-19(24)8-9-28-18/h2-7,10,13H,8-9,11-12H2,1H3,(H,22,25)(H,23,24)/t13-/m1/s1. The van der Waals surface area contributed by atoms with Gasteiger partial charge in [-0.25, -0.2) is 8.42 Å². The molecule has 154 valence electrons. The lowest BCUT2D eigenvalue weighted by Gasteiger charge is -2.14. The minimum atomic E-state index is -3.71. The van der Waals surface area contributed by atoms with Gasteiger partial charge in [-0.1, -0.05) is 36.7 Å². The maximum Gasteiger partial charge on any atom is 0.225 e. The van der Waals surface area contributed by atoms with E-state index in [1.165, 1.54) is 23.9 Å². The molecule has 0 unspecified atom stereocenters. The molecule has 0 bridgehead atoms. The van der Waals surface area contributed by atoms with Gasteiger partial charge < -0.3 is 10.6 Å². The summed E-state index contributed by atoms with van der Waals surface area (Å²) in [7, 11) is -3.71. The van der Waals surface area contributed by atoms with Gasteiger partial charge in [0.15, 0.2) is 9.84 Å². The number of benzene rings is 2. The molecule has 2 aromatic rings. The number of sulfone groups is 1. The summed E-state index contributed by atoms with van der Waals surface area (Å²) in [6.45, 7) is 1.80.